The van der Waals surface area contributed by atoms with Crippen LogP contribution < -0.4 is 9.46 Å². The molecule has 0 saturated heterocycles. The highest BCUT2D eigenvalue weighted by molar-refractivity contribution is 7.89. The summed E-state index contributed by atoms with van der Waals surface area (Å²) in [6.07, 6.45) is 0.984. The Morgan fingerprint density at radius 3 is 2.64 bits per heavy atom. The fourth-order valence-electron chi connectivity index (χ4n) is 1.86. The predicted molar refractivity (Wildman–Crippen MR) is 81.7 cm³/mol. The van der Waals surface area contributed by atoms with Crippen molar-refractivity contribution in [3.8, 4) is 5.75 Å². The lowest BCUT2D eigenvalue weighted by Crippen LogP contribution is -2.29. The van der Waals surface area contributed by atoms with E-state index in [1.54, 1.807) is 12.1 Å². The summed E-state index contributed by atoms with van der Waals surface area (Å²) in [5, 5.41) is 0.222. The van der Waals surface area contributed by atoms with Gasteiger partial charge in [0.1, 0.15) is 17.6 Å². The van der Waals surface area contributed by atoms with Gasteiger partial charge in [0.2, 0.25) is 10.0 Å². The van der Waals surface area contributed by atoms with Gasteiger partial charge in [0, 0.05) is 13.7 Å². The van der Waals surface area contributed by atoms with Gasteiger partial charge in [-0.25, -0.2) is 13.1 Å². The van der Waals surface area contributed by atoms with Crippen LogP contribution in [0.4, 0.5) is 0 Å². The summed E-state index contributed by atoms with van der Waals surface area (Å²) in [6, 6.07) is 7.67. The molecular weight excluding hydrogens is 330 g/mol. The Bertz CT molecular complexity index is 715. The molecule has 0 aliphatic carbocycles. The van der Waals surface area contributed by atoms with E-state index in [0.29, 0.717) is 11.5 Å². The first-order valence-electron chi connectivity index (χ1n) is 6.37. The van der Waals surface area contributed by atoms with Crippen LogP contribution in [0.5, 0.6) is 5.75 Å². The van der Waals surface area contributed by atoms with Crippen molar-refractivity contribution in [3.63, 3.8) is 0 Å². The highest BCUT2D eigenvalue weighted by Crippen LogP contribution is 2.27. The molecule has 1 unspecified atom stereocenters. The van der Waals surface area contributed by atoms with Crippen molar-refractivity contribution in [2.75, 3.05) is 20.8 Å². The quantitative estimate of drug-likeness (QED) is 0.834. The van der Waals surface area contributed by atoms with E-state index in [1.165, 1.54) is 38.7 Å². The summed E-state index contributed by atoms with van der Waals surface area (Å²) in [5.74, 6) is 0.948. The summed E-state index contributed by atoms with van der Waals surface area (Å²) in [5.41, 5.74) is 0. The lowest BCUT2D eigenvalue weighted by Gasteiger charge is -2.14. The minimum atomic E-state index is -3.72. The number of hydrogen-bond acceptors (Lipinski definition) is 5. The number of furan rings is 1. The third-order valence-electron chi connectivity index (χ3n) is 3.04. The number of methoxy groups -OCH3 is 2. The molecule has 1 N–H and O–H groups in total. The zero-order valence-corrected chi connectivity index (χ0v) is 13.6. The van der Waals surface area contributed by atoms with Gasteiger partial charge in [-0.1, -0.05) is 11.6 Å². The minimum Gasteiger partial charge on any atom is -0.495 e. The normalized spacial score (nSPS) is 13.0. The maximum absolute atomic E-state index is 12.3. The Balaban J connectivity index is 2.12. The molecule has 0 amide bonds. The van der Waals surface area contributed by atoms with Crippen molar-refractivity contribution in [2.45, 2.75) is 11.0 Å². The first kappa shape index (κ1) is 16.8. The zero-order chi connectivity index (χ0) is 16.2. The second kappa shape index (κ2) is 7.15. The van der Waals surface area contributed by atoms with Gasteiger partial charge in [-0.3, -0.25) is 0 Å². The number of sulfonamides is 1. The number of rotatable bonds is 7. The topological polar surface area (TPSA) is 77.8 Å². The average Bonchev–Trinajstić information content (AvgIpc) is 3.02. The first-order chi connectivity index (χ1) is 10.5. The predicted octanol–water partition coefficient (Wildman–Crippen LogP) is 2.61. The molecule has 0 aliphatic rings. The summed E-state index contributed by atoms with van der Waals surface area (Å²) < 4.78 is 42.4. The van der Waals surface area contributed by atoms with Crippen LogP contribution >= 0.6 is 11.6 Å². The van der Waals surface area contributed by atoms with Crippen LogP contribution in [0.1, 0.15) is 11.9 Å². The Morgan fingerprint density at radius 2 is 2.09 bits per heavy atom. The summed E-state index contributed by atoms with van der Waals surface area (Å²) in [7, 11) is -0.779. The number of halogens is 1. The van der Waals surface area contributed by atoms with E-state index in [-0.39, 0.29) is 16.5 Å². The van der Waals surface area contributed by atoms with Gasteiger partial charge in [-0.15, -0.1) is 0 Å². The van der Waals surface area contributed by atoms with Gasteiger partial charge in [0.05, 0.1) is 23.3 Å². The van der Waals surface area contributed by atoms with Crippen molar-refractivity contribution in [2.24, 2.45) is 0 Å². The van der Waals surface area contributed by atoms with Crippen molar-refractivity contribution in [1.29, 1.82) is 0 Å². The highest BCUT2D eigenvalue weighted by Gasteiger charge is 2.20. The van der Waals surface area contributed by atoms with Crippen molar-refractivity contribution in [1.82, 2.24) is 4.72 Å². The maximum atomic E-state index is 12.3. The molecule has 6 nitrogen and oxygen atoms in total. The van der Waals surface area contributed by atoms with Gasteiger partial charge in [-0.2, -0.15) is 0 Å². The van der Waals surface area contributed by atoms with E-state index < -0.39 is 16.1 Å². The van der Waals surface area contributed by atoms with Crippen LogP contribution in [0.25, 0.3) is 0 Å². The fraction of sp³-hybridized carbons (Fsp3) is 0.286. The number of ether oxygens (including phenoxy) is 2. The van der Waals surface area contributed by atoms with Crippen LogP contribution in [-0.4, -0.2) is 29.2 Å². The Kier molecular flexibility index (Phi) is 5.47. The molecule has 0 saturated carbocycles. The van der Waals surface area contributed by atoms with Crippen molar-refractivity contribution < 1.29 is 22.3 Å². The van der Waals surface area contributed by atoms with Crippen molar-refractivity contribution in [3.05, 3.63) is 47.4 Å². The minimum absolute atomic E-state index is 0.0377. The first-order valence-corrected chi connectivity index (χ1v) is 8.23. The Labute approximate surface area is 134 Å². The van der Waals surface area contributed by atoms with E-state index >= 15 is 0 Å². The van der Waals surface area contributed by atoms with E-state index in [2.05, 4.69) is 4.72 Å². The average molecular weight is 346 g/mol. The fourth-order valence-corrected chi connectivity index (χ4v) is 3.24. The van der Waals surface area contributed by atoms with Crippen LogP contribution in [0, 0.1) is 0 Å². The number of nitrogens with one attached hydrogen (secondary N) is 1. The Morgan fingerprint density at radius 1 is 1.32 bits per heavy atom. The van der Waals surface area contributed by atoms with E-state index in [0.717, 1.165) is 0 Å². The zero-order valence-electron chi connectivity index (χ0n) is 12.1. The highest BCUT2D eigenvalue weighted by atomic mass is 35.5. The van der Waals surface area contributed by atoms with Crippen LogP contribution in [0.3, 0.4) is 0 Å². The molecule has 2 aromatic rings. The molecule has 8 heteroatoms. The smallest absolute Gasteiger partial charge is 0.240 e. The van der Waals surface area contributed by atoms with Gasteiger partial charge in [0.15, 0.2) is 0 Å². The lowest BCUT2D eigenvalue weighted by atomic mass is 10.3. The molecule has 2 rings (SSSR count). The van der Waals surface area contributed by atoms with Gasteiger partial charge in [-0.05, 0) is 30.3 Å². The third kappa shape index (κ3) is 3.80. The van der Waals surface area contributed by atoms with Crippen LogP contribution in [-0.2, 0) is 14.8 Å². The second-order valence-electron chi connectivity index (χ2n) is 4.39. The molecule has 120 valence electrons. The molecule has 1 aromatic carbocycles. The molecule has 1 heterocycles. The summed E-state index contributed by atoms with van der Waals surface area (Å²) in [6.45, 7) is 0.0377. The van der Waals surface area contributed by atoms with Gasteiger partial charge < -0.3 is 13.9 Å². The van der Waals surface area contributed by atoms with E-state index in [4.69, 9.17) is 25.5 Å². The third-order valence-corrected chi connectivity index (χ3v) is 4.75. The van der Waals surface area contributed by atoms with Crippen LogP contribution in [0.15, 0.2) is 45.9 Å². The Hall–Kier alpha value is -1.54. The van der Waals surface area contributed by atoms with E-state index in [1.807, 2.05) is 0 Å². The molecule has 0 radical (unpaired) electrons. The summed E-state index contributed by atoms with van der Waals surface area (Å²) in [4.78, 5) is 0.0487. The van der Waals surface area contributed by atoms with Gasteiger partial charge >= 0.3 is 0 Å². The molecule has 0 aliphatic heterocycles. The standard InChI is InChI=1S/C14H16ClNO5S/c1-19-12-6-5-10(8-11(12)15)22(17,18)16-9-14(20-2)13-4-3-7-21-13/h3-8,14,16H,9H2,1-2H3. The van der Waals surface area contributed by atoms with Crippen molar-refractivity contribution >= 4 is 21.6 Å². The largest absolute Gasteiger partial charge is 0.495 e. The molecular formula is C14H16ClNO5S. The molecule has 1 aromatic heterocycles. The second-order valence-corrected chi connectivity index (χ2v) is 6.56. The number of hydrogen-bond donors (Lipinski definition) is 1. The summed E-state index contributed by atoms with van der Waals surface area (Å²) >= 11 is 5.95. The molecule has 1 atom stereocenters. The molecule has 0 bridgehead atoms. The van der Waals surface area contributed by atoms with Gasteiger partial charge in [0.25, 0.3) is 0 Å². The monoisotopic (exact) mass is 345 g/mol. The number of benzene rings is 1. The molecule has 22 heavy (non-hydrogen) atoms. The maximum Gasteiger partial charge on any atom is 0.240 e. The lowest BCUT2D eigenvalue weighted by molar-refractivity contribution is 0.0878. The van der Waals surface area contributed by atoms with Crippen LogP contribution in [0.2, 0.25) is 5.02 Å². The molecule has 0 fully saturated rings. The SMILES string of the molecule is COc1ccc(S(=O)(=O)NCC(OC)c2ccco2)cc1Cl. The van der Waals surface area contributed by atoms with E-state index in [9.17, 15) is 8.42 Å². The molecule has 0 spiro atoms.